The molecular formula is C15H21N3O2. The molecule has 2 amide bonds. The van der Waals surface area contributed by atoms with Gasteiger partial charge in [0.1, 0.15) is 0 Å². The fraction of sp³-hybridized carbons (Fsp3) is 0.400. The molecule has 108 valence electrons. The molecule has 0 spiro atoms. The predicted molar refractivity (Wildman–Crippen MR) is 79.2 cm³/mol. The van der Waals surface area contributed by atoms with Gasteiger partial charge in [0.25, 0.3) is 0 Å². The maximum atomic E-state index is 11.7. The zero-order valence-electron chi connectivity index (χ0n) is 12.1. The van der Waals surface area contributed by atoms with Gasteiger partial charge >= 0.3 is 11.8 Å². The Labute approximate surface area is 119 Å². The lowest BCUT2D eigenvalue weighted by molar-refractivity contribution is -0.139. The Morgan fingerprint density at radius 3 is 2.25 bits per heavy atom. The summed E-state index contributed by atoms with van der Waals surface area (Å²) in [4.78, 5) is 23.3. The van der Waals surface area contributed by atoms with Crippen LogP contribution in [0.5, 0.6) is 0 Å². The van der Waals surface area contributed by atoms with Crippen LogP contribution in [0.15, 0.2) is 35.4 Å². The second-order valence-electron chi connectivity index (χ2n) is 4.43. The summed E-state index contributed by atoms with van der Waals surface area (Å²) >= 11 is 0. The first-order chi connectivity index (χ1) is 9.58. The van der Waals surface area contributed by atoms with Crippen molar-refractivity contribution in [1.82, 2.24) is 10.7 Å². The van der Waals surface area contributed by atoms with Crippen LogP contribution in [0.25, 0.3) is 0 Å². The molecule has 0 saturated carbocycles. The fourth-order valence-corrected chi connectivity index (χ4v) is 1.68. The molecule has 1 rings (SSSR count). The van der Waals surface area contributed by atoms with Crippen molar-refractivity contribution in [2.75, 3.05) is 0 Å². The minimum atomic E-state index is -0.743. The summed E-state index contributed by atoms with van der Waals surface area (Å²) in [6.45, 7) is 5.73. The molecule has 0 aliphatic heterocycles. The standard InChI is InChI=1S/C15H21N3O2/c1-4-13(5-2)17-18-15(20)14(19)16-11(3)12-9-7-6-8-10-12/h6-11H,4-5H2,1-3H3,(H,16,19)(H,18,20). The highest BCUT2D eigenvalue weighted by Crippen LogP contribution is 2.10. The molecule has 0 saturated heterocycles. The minimum Gasteiger partial charge on any atom is -0.341 e. The Morgan fingerprint density at radius 2 is 1.70 bits per heavy atom. The number of hydrogen-bond donors (Lipinski definition) is 2. The van der Waals surface area contributed by atoms with E-state index in [1.807, 2.05) is 51.1 Å². The van der Waals surface area contributed by atoms with Gasteiger partial charge in [0.15, 0.2) is 0 Å². The van der Waals surface area contributed by atoms with Crippen LogP contribution in [0.1, 0.15) is 45.2 Å². The Morgan fingerprint density at radius 1 is 1.10 bits per heavy atom. The lowest BCUT2D eigenvalue weighted by Gasteiger charge is -2.13. The van der Waals surface area contributed by atoms with Crippen LogP contribution < -0.4 is 10.7 Å². The molecule has 20 heavy (non-hydrogen) atoms. The summed E-state index contributed by atoms with van der Waals surface area (Å²) in [6.07, 6.45) is 1.50. The van der Waals surface area contributed by atoms with Crippen LogP contribution in [0, 0.1) is 0 Å². The second-order valence-corrected chi connectivity index (χ2v) is 4.43. The van der Waals surface area contributed by atoms with Gasteiger partial charge in [0.05, 0.1) is 6.04 Å². The highest BCUT2D eigenvalue weighted by Gasteiger charge is 2.16. The van der Waals surface area contributed by atoms with Crippen molar-refractivity contribution in [2.24, 2.45) is 5.10 Å². The topological polar surface area (TPSA) is 70.6 Å². The summed E-state index contributed by atoms with van der Waals surface area (Å²) in [5.74, 6) is -1.43. The number of carbonyl (C=O) groups excluding carboxylic acids is 2. The number of benzene rings is 1. The SMILES string of the molecule is CCC(CC)=NNC(=O)C(=O)NC(C)c1ccccc1. The first kappa shape index (κ1) is 15.9. The number of carbonyl (C=O) groups is 2. The van der Waals surface area contributed by atoms with E-state index < -0.39 is 11.8 Å². The van der Waals surface area contributed by atoms with Crippen LogP contribution >= 0.6 is 0 Å². The zero-order chi connectivity index (χ0) is 15.0. The summed E-state index contributed by atoms with van der Waals surface area (Å²) < 4.78 is 0. The van der Waals surface area contributed by atoms with E-state index in [1.165, 1.54) is 0 Å². The van der Waals surface area contributed by atoms with Gasteiger partial charge in [-0.05, 0) is 25.3 Å². The highest BCUT2D eigenvalue weighted by molar-refractivity contribution is 6.35. The van der Waals surface area contributed by atoms with E-state index in [2.05, 4.69) is 15.8 Å². The average molecular weight is 275 g/mol. The molecule has 0 aromatic heterocycles. The fourth-order valence-electron chi connectivity index (χ4n) is 1.68. The predicted octanol–water partition coefficient (Wildman–Crippen LogP) is 2.16. The first-order valence-corrected chi connectivity index (χ1v) is 6.79. The number of amides is 2. The van der Waals surface area contributed by atoms with Crippen molar-refractivity contribution < 1.29 is 9.59 Å². The number of nitrogens with zero attached hydrogens (tertiary/aromatic N) is 1. The van der Waals surface area contributed by atoms with Gasteiger partial charge in [-0.3, -0.25) is 9.59 Å². The van der Waals surface area contributed by atoms with E-state index in [9.17, 15) is 9.59 Å². The Bertz CT molecular complexity index is 477. The average Bonchev–Trinajstić information content (AvgIpc) is 2.48. The maximum absolute atomic E-state index is 11.7. The van der Waals surface area contributed by atoms with Gasteiger partial charge in [-0.2, -0.15) is 5.10 Å². The first-order valence-electron chi connectivity index (χ1n) is 6.79. The third-order valence-corrected chi connectivity index (χ3v) is 2.99. The van der Waals surface area contributed by atoms with Crippen molar-refractivity contribution in [2.45, 2.75) is 39.7 Å². The molecule has 0 bridgehead atoms. The highest BCUT2D eigenvalue weighted by atomic mass is 16.2. The van der Waals surface area contributed by atoms with Gasteiger partial charge in [0, 0.05) is 5.71 Å². The minimum absolute atomic E-state index is 0.227. The van der Waals surface area contributed by atoms with Crippen molar-refractivity contribution in [3.05, 3.63) is 35.9 Å². The van der Waals surface area contributed by atoms with E-state index in [0.717, 1.165) is 24.1 Å². The molecule has 1 aromatic carbocycles. The number of hydrogen-bond acceptors (Lipinski definition) is 3. The van der Waals surface area contributed by atoms with Crippen LogP contribution in [0.3, 0.4) is 0 Å². The monoisotopic (exact) mass is 275 g/mol. The van der Waals surface area contributed by atoms with Gasteiger partial charge in [0.2, 0.25) is 0 Å². The lowest BCUT2D eigenvalue weighted by Crippen LogP contribution is -2.39. The molecule has 0 aliphatic rings. The lowest BCUT2D eigenvalue weighted by atomic mass is 10.1. The normalized spacial score (nSPS) is 11.3. The van der Waals surface area contributed by atoms with E-state index in [4.69, 9.17) is 0 Å². The van der Waals surface area contributed by atoms with E-state index in [1.54, 1.807) is 0 Å². The van der Waals surface area contributed by atoms with Gasteiger partial charge in [-0.1, -0.05) is 44.2 Å². The molecule has 0 aliphatic carbocycles. The summed E-state index contributed by atoms with van der Waals surface area (Å²) in [5, 5.41) is 6.55. The molecule has 0 heterocycles. The van der Waals surface area contributed by atoms with E-state index in [-0.39, 0.29) is 6.04 Å². The third-order valence-electron chi connectivity index (χ3n) is 2.99. The Kier molecular flexibility index (Phi) is 6.43. The van der Waals surface area contributed by atoms with Gasteiger partial charge < -0.3 is 5.32 Å². The smallest absolute Gasteiger partial charge is 0.329 e. The van der Waals surface area contributed by atoms with Crippen molar-refractivity contribution >= 4 is 17.5 Å². The number of nitrogens with one attached hydrogen (secondary N) is 2. The third kappa shape index (κ3) is 4.84. The van der Waals surface area contributed by atoms with Crippen LogP contribution in [0.4, 0.5) is 0 Å². The molecule has 0 fully saturated rings. The Hall–Kier alpha value is -2.17. The zero-order valence-corrected chi connectivity index (χ0v) is 12.1. The molecular weight excluding hydrogens is 254 g/mol. The maximum Gasteiger partial charge on any atom is 0.329 e. The van der Waals surface area contributed by atoms with Crippen molar-refractivity contribution in [3.63, 3.8) is 0 Å². The second kappa shape index (κ2) is 8.09. The van der Waals surface area contributed by atoms with Gasteiger partial charge in [-0.25, -0.2) is 5.43 Å². The molecule has 1 unspecified atom stereocenters. The van der Waals surface area contributed by atoms with E-state index in [0.29, 0.717) is 0 Å². The van der Waals surface area contributed by atoms with Gasteiger partial charge in [-0.15, -0.1) is 0 Å². The summed E-state index contributed by atoms with van der Waals surface area (Å²) in [7, 11) is 0. The molecule has 0 radical (unpaired) electrons. The number of hydrazone groups is 1. The molecule has 1 aromatic rings. The van der Waals surface area contributed by atoms with E-state index >= 15 is 0 Å². The summed E-state index contributed by atoms with van der Waals surface area (Å²) in [5.41, 5.74) is 4.07. The largest absolute Gasteiger partial charge is 0.341 e. The molecule has 2 N–H and O–H groups in total. The molecule has 1 atom stereocenters. The van der Waals surface area contributed by atoms with Crippen LogP contribution in [-0.4, -0.2) is 17.5 Å². The van der Waals surface area contributed by atoms with Crippen molar-refractivity contribution in [1.29, 1.82) is 0 Å². The van der Waals surface area contributed by atoms with Crippen LogP contribution in [-0.2, 0) is 9.59 Å². The quantitative estimate of drug-likeness (QED) is 0.491. The molecule has 5 heteroatoms. The summed E-state index contributed by atoms with van der Waals surface area (Å²) in [6, 6.07) is 9.24. The molecule has 5 nitrogen and oxygen atoms in total. The van der Waals surface area contributed by atoms with Crippen molar-refractivity contribution in [3.8, 4) is 0 Å². The van der Waals surface area contributed by atoms with Crippen LogP contribution in [0.2, 0.25) is 0 Å². The Balaban J connectivity index is 2.54. The number of rotatable bonds is 5.